The number of nitrogens with one attached hydrogen (secondary N) is 3. The van der Waals surface area contributed by atoms with Gasteiger partial charge in [-0.2, -0.15) is 10.5 Å². The number of rotatable bonds is 4. The molecule has 0 spiro atoms. The second kappa shape index (κ2) is 6.59. The normalized spacial score (nSPS) is 11.0. The maximum Gasteiger partial charge on any atom is 0.216 e. The summed E-state index contributed by atoms with van der Waals surface area (Å²) in [5.41, 5.74) is 2.96. The van der Waals surface area contributed by atoms with Gasteiger partial charge < -0.3 is 10.3 Å². The Kier molecular flexibility index (Phi) is 4.17. The van der Waals surface area contributed by atoms with Gasteiger partial charge in [0.05, 0.1) is 0 Å². The van der Waals surface area contributed by atoms with Crippen molar-refractivity contribution >= 4 is 23.5 Å². The van der Waals surface area contributed by atoms with Crippen LogP contribution in [0.2, 0.25) is 0 Å². The van der Waals surface area contributed by atoms with Gasteiger partial charge in [0, 0.05) is 23.8 Å². The topological polar surface area (TPSA) is 119 Å². The first-order valence-electron chi connectivity index (χ1n) is 6.52. The highest BCUT2D eigenvalue weighted by Crippen LogP contribution is 2.19. The van der Waals surface area contributed by atoms with E-state index in [1.165, 1.54) is 6.20 Å². The maximum absolute atomic E-state index is 9.09. The Morgan fingerprint density at radius 2 is 2.09 bits per heavy atom. The number of H-pyrrole nitrogens is 2. The lowest BCUT2D eigenvalue weighted by atomic mass is 10.1. The van der Waals surface area contributed by atoms with E-state index in [0.717, 1.165) is 16.9 Å². The van der Waals surface area contributed by atoms with E-state index in [1.807, 2.05) is 36.4 Å². The van der Waals surface area contributed by atoms with Gasteiger partial charge in [-0.05, 0) is 41.2 Å². The lowest BCUT2D eigenvalue weighted by molar-refractivity contribution is 0.881. The molecular formula is C14H10N8S. The number of nitriles is 1. The molecule has 0 amide bonds. The van der Waals surface area contributed by atoms with Crippen molar-refractivity contribution in [2.24, 2.45) is 0 Å². The number of aromatic amines is 2. The van der Waals surface area contributed by atoms with E-state index in [4.69, 9.17) is 17.5 Å². The molecule has 0 fully saturated rings. The smallest absolute Gasteiger partial charge is 0.216 e. The summed E-state index contributed by atoms with van der Waals surface area (Å²) in [6, 6.07) is 11.5. The van der Waals surface area contributed by atoms with Crippen molar-refractivity contribution in [1.29, 1.82) is 5.26 Å². The number of hydrogen-bond acceptors (Lipinski definition) is 7. The fourth-order valence-electron chi connectivity index (χ4n) is 1.86. The average molecular weight is 322 g/mol. The molecule has 0 saturated carbocycles. The molecule has 0 saturated heterocycles. The lowest BCUT2D eigenvalue weighted by Gasteiger charge is -2.04. The third-order valence-electron chi connectivity index (χ3n) is 2.96. The van der Waals surface area contributed by atoms with E-state index in [1.54, 1.807) is 6.20 Å². The van der Waals surface area contributed by atoms with Crippen molar-refractivity contribution in [2.75, 3.05) is 5.32 Å². The van der Waals surface area contributed by atoms with Crippen LogP contribution in [0.25, 0.3) is 16.8 Å². The Balaban J connectivity index is 1.78. The Hall–Kier alpha value is -3.38. The summed E-state index contributed by atoms with van der Waals surface area (Å²) in [6.07, 6.45) is 3.19. The lowest BCUT2D eigenvalue weighted by Crippen LogP contribution is -1.93. The number of anilines is 1. The quantitative estimate of drug-likeness (QED) is 0.498. The predicted molar refractivity (Wildman–Crippen MR) is 86.2 cm³/mol. The largest absolute Gasteiger partial charge is 0.360 e. The van der Waals surface area contributed by atoms with Crippen LogP contribution in [0.5, 0.6) is 0 Å². The molecule has 3 N–H and O–H groups in total. The van der Waals surface area contributed by atoms with Gasteiger partial charge in [-0.3, -0.25) is 0 Å². The van der Waals surface area contributed by atoms with E-state index < -0.39 is 0 Å². The number of nitrogens with zero attached hydrogens (tertiary/aromatic N) is 5. The molecule has 8 nitrogen and oxygen atoms in total. The minimum absolute atomic E-state index is 0.237. The SMILES string of the molecule is N#CC(=CNc1ccc(-c2ccnc(=S)[nH]2)cc1)c1nn[nH]n1. The molecule has 9 heteroatoms. The molecule has 1 aromatic carbocycles. The fraction of sp³-hybridized carbons (Fsp3) is 0. The molecule has 3 aromatic rings. The minimum Gasteiger partial charge on any atom is -0.360 e. The van der Waals surface area contributed by atoms with E-state index in [0.29, 0.717) is 4.77 Å². The molecule has 0 bridgehead atoms. The van der Waals surface area contributed by atoms with Crippen LogP contribution in [0.15, 0.2) is 42.7 Å². The van der Waals surface area contributed by atoms with Gasteiger partial charge >= 0.3 is 0 Å². The van der Waals surface area contributed by atoms with Gasteiger partial charge in [0.1, 0.15) is 11.6 Å². The van der Waals surface area contributed by atoms with E-state index >= 15 is 0 Å². The van der Waals surface area contributed by atoms with E-state index in [2.05, 4.69) is 35.9 Å². The van der Waals surface area contributed by atoms with Gasteiger partial charge in [-0.15, -0.1) is 10.2 Å². The molecule has 0 atom stereocenters. The number of aromatic nitrogens is 6. The molecule has 0 radical (unpaired) electrons. The summed E-state index contributed by atoms with van der Waals surface area (Å²) >= 11 is 5.01. The van der Waals surface area contributed by atoms with Gasteiger partial charge in [0.2, 0.25) is 5.82 Å². The molecular weight excluding hydrogens is 312 g/mol. The Labute approximate surface area is 135 Å². The fourth-order valence-corrected chi connectivity index (χ4v) is 2.03. The molecule has 112 valence electrons. The Bertz CT molecular complexity index is 918. The molecule has 2 heterocycles. The van der Waals surface area contributed by atoms with Crippen molar-refractivity contribution < 1.29 is 0 Å². The molecule has 2 aromatic heterocycles. The van der Waals surface area contributed by atoms with Gasteiger partial charge in [-0.1, -0.05) is 12.1 Å². The van der Waals surface area contributed by atoms with Gasteiger partial charge in [0.25, 0.3) is 0 Å². The van der Waals surface area contributed by atoms with Crippen molar-refractivity contribution in [3.8, 4) is 17.3 Å². The summed E-state index contributed by atoms with van der Waals surface area (Å²) in [7, 11) is 0. The third kappa shape index (κ3) is 3.45. The van der Waals surface area contributed by atoms with E-state index in [-0.39, 0.29) is 11.4 Å². The highest BCUT2D eigenvalue weighted by Gasteiger charge is 2.05. The molecule has 0 aliphatic rings. The second-order valence-corrected chi connectivity index (χ2v) is 4.80. The van der Waals surface area contributed by atoms with Crippen LogP contribution in [-0.2, 0) is 0 Å². The summed E-state index contributed by atoms with van der Waals surface area (Å²) in [6.45, 7) is 0. The van der Waals surface area contributed by atoms with Crippen LogP contribution >= 0.6 is 12.2 Å². The zero-order chi connectivity index (χ0) is 16.1. The highest BCUT2D eigenvalue weighted by molar-refractivity contribution is 7.71. The highest BCUT2D eigenvalue weighted by atomic mass is 32.1. The summed E-state index contributed by atoms with van der Waals surface area (Å²) in [5, 5.41) is 25.4. The van der Waals surface area contributed by atoms with Crippen molar-refractivity contribution in [1.82, 2.24) is 30.6 Å². The number of allylic oxidation sites excluding steroid dienone is 1. The number of hydrogen-bond donors (Lipinski definition) is 3. The van der Waals surface area contributed by atoms with Gasteiger partial charge in [-0.25, -0.2) is 4.98 Å². The number of benzene rings is 1. The maximum atomic E-state index is 9.09. The Morgan fingerprint density at radius 1 is 1.26 bits per heavy atom. The van der Waals surface area contributed by atoms with Crippen LogP contribution in [0.4, 0.5) is 5.69 Å². The third-order valence-corrected chi connectivity index (χ3v) is 3.17. The van der Waals surface area contributed by atoms with Crippen molar-refractivity contribution in [3.63, 3.8) is 0 Å². The predicted octanol–water partition coefficient (Wildman–Crippen LogP) is 2.30. The first-order valence-corrected chi connectivity index (χ1v) is 6.93. The zero-order valence-electron chi connectivity index (χ0n) is 11.7. The van der Waals surface area contributed by atoms with Crippen molar-refractivity contribution in [2.45, 2.75) is 0 Å². The molecule has 0 aliphatic heterocycles. The monoisotopic (exact) mass is 322 g/mol. The molecule has 3 rings (SSSR count). The van der Waals surface area contributed by atoms with Crippen LogP contribution in [0, 0.1) is 16.1 Å². The van der Waals surface area contributed by atoms with Crippen molar-refractivity contribution in [3.05, 3.63) is 53.3 Å². The molecule has 23 heavy (non-hydrogen) atoms. The van der Waals surface area contributed by atoms with E-state index in [9.17, 15) is 0 Å². The number of tetrazole rings is 1. The van der Waals surface area contributed by atoms with Crippen LogP contribution in [0.1, 0.15) is 5.82 Å². The first kappa shape index (κ1) is 14.6. The standard InChI is InChI=1S/C14H10N8S/c15-7-10(13-19-21-22-20-13)8-17-11-3-1-9(2-4-11)12-5-6-16-14(23)18-12/h1-6,8,17H,(H,16,18,23)(H,19,20,21,22). The molecule has 0 unspecified atom stereocenters. The summed E-state index contributed by atoms with van der Waals surface area (Å²) < 4.78 is 0.436. The minimum atomic E-state index is 0.237. The molecule has 0 aliphatic carbocycles. The van der Waals surface area contributed by atoms with Gasteiger partial charge in [0.15, 0.2) is 4.77 Å². The Morgan fingerprint density at radius 3 is 2.74 bits per heavy atom. The average Bonchev–Trinajstić information content (AvgIpc) is 3.10. The zero-order valence-corrected chi connectivity index (χ0v) is 12.5. The first-order chi connectivity index (χ1) is 11.3. The van der Waals surface area contributed by atoms with Crippen LogP contribution in [-0.4, -0.2) is 30.6 Å². The van der Waals surface area contributed by atoms with Crippen LogP contribution < -0.4 is 5.32 Å². The second-order valence-electron chi connectivity index (χ2n) is 4.42. The summed E-state index contributed by atoms with van der Waals surface area (Å²) in [5.74, 6) is 0.237. The van der Waals surface area contributed by atoms with Crippen LogP contribution in [0.3, 0.4) is 0 Å². The summed E-state index contributed by atoms with van der Waals surface area (Å²) in [4.78, 5) is 6.98.